The van der Waals surface area contributed by atoms with Crippen LogP contribution < -0.4 is 0 Å². The van der Waals surface area contributed by atoms with E-state index in [4.69, 9.17) is 5.11 Å². The number of aliphatic hydroxyl groups is 1. The van der Waals surface area contributed by atoms with Crippen molar-refractivity contribution in [2.24, 2.45) is 0 Å². The third-order valence-electron chi connectivity index (χ3n) is 1.70. The quantitative estimate of drug-likeness (QED) is 0.641. The highest BCUT2D eigenvalue weighted by atomic mass is 32.2. The second-order valence-electron chi connectivity index (χ2n) is 2.81. The molecule has 0 aliphatic rings. The Balaban J connectivity index is 1.93. The van der Waals surface area contributed by atoms with E-state index in [2.05, 4.69) is 27.0 Å². The van der Waals surface area contributed by atoms with Gasteiger partial charge in [-0.25, -0.2) is 4.98 Å². The number of thiophene rings is 1. The van der Waals surface area contributed by atoms with Crippen LogP contribution in [0.3, 0.4) is 0 Å². The SMILES string of the molecule is OCC#Cc1ccc(CSc2ncn[nH]2)s1. The number of rotatable bonds is 3. The molecule has 4 nitrogen and oxygen atoms in total. The van der Waals surface area contributed by atoms with Gasteiger partial charge in [-0.15, -0.1) is 11.3 Å². The van der Waals surface area contributed by atoms with Crippen molar-refractivity contribution >= 4 is 23.1 Å². The molecule has 2 aromatic heterocycles. The molecule has 0 bridgehead atoms. The van der Waals surface area contributed by atoms with Crippen LogP contribution in [0.2, 0.25) is 0 Å². The number of aromatic amines is 1. The Morgan fingerprint density at radius 2 is 2.44 bits per heavy atom. The van der Waals surface area contributed by atoms with Crippen molar-refractivity contribution in [2.75, 3.05) is 6.61 Å². The average Bonchev–Trinajstić information content (AvgIpc) is 2.95. The number of hydrogen-bond donors (Lipinski definition) is 2. The normalized spacial score (nSPS) is 9.81. The van der Waals surface area contributed by atoms with Gasteiger partial charge in [0.2, 0.25) is 0 Å². The van der Waals surface area contributed by atoms with Gasteiger partial charge in [0.25, 0.3) is 0 Å². The first-order valence-electron chi connectivity index (χ1n) is 4.55. The third-order valence-corrected chi connectivity index (χ3v) is 3.81. The molecule has 0 radical (unpaired) electrons. The van der Waals surface area contributed by atoms with Crippen LogP contribution in [0, 0.1) is 11.8 Å². The zero-order valence-electron chi connectivity index (χ0n) is 8.30. The number of hydrogen-bond acceptors (Lipinski definition) is 5. The van der Waals surface area contributed by atoms with Crippen molar-refractivity contribution in [1.29, 1.82) is 0 Å². The fraction of sp³-hybridized carbons (Fsp3) is 0.200. The minimum atomic E-state index is -0.0972. The second-order valence-corrected chi connectivity index (χ2v) is 4.94. The maximum atomic E-state index is 8.57. The monoisotopic (exact) mass is 251 g/mol. The van der Waals surface area contributed by atoms with Crippen molar-refractivity contribution in [3.8, 4) is 11.8 Å². The number of thioether (sulfide) groups is 1. The highest BCUT2D eigenvalue weighted by molar-refractivity contribution is 7.98. The standard InChI is InChI=1S/C10H9N3OS2/c14-5-1-2-8-3-4-9(16-8)6-15-10-11-7-12-13-10/h3-4,7,14H,5-6H2,(H,11,12,13). The topological polar surface area (TPSA) is 61.8 Å². The summed E-state index contributed by atoms with van der Waals surface area (Å²) < 4.78 is 0. The summed E-state index contributed by atoms with van der Waals surface area (Å²) in [4.78, 5) is 6.23. The van der Waals surface area contributed by atoms with E-state index in [0.717, 1.165) is 15.8 Å². The Morgan fingerprint density at radius 1 is 1.50 bits per heavy atom. The first-order chi connectivity index (χ1) is 7.88. The lowest BCUT2D eigenvalue weighted by atomic mass is 10.4. The molecule has 0 aliphatic heterocycles. The smallest absolute Gasteiger partial charge is 0.183 e. The van der Waals surface area contributed by atoms with Crippen LogP contribution in [0.4, 0.5) is 0 Å². The van der Waals surface area contributed by atoms with E-state index in [1.807, 2.05) is 12.1 Å². The van der Waals surface area contributed by atoms with E-state index >= 15 is 0 Å². The molecule has 0 aliphatic carbocycles. The molecule has 0 amide bonds. The van der Waals surface area contributed by atoms with Crippen LogP contribution in [0.1, 0.15) is 9.75 Å². The molecule has 0 fully saturated rings. The van der Waals surface area contributed by atoms with E-state index in [1.54, 1.807) is 23.1 Å². The van der Waals surface area contributed by atoms with Crippen LogP contribution >= 0.6 is 23.1 Å². The molecular formula is C10H9N3OS2. The highest BCUT2D eigenvalue weighted by Gasteiger charge is 2.01. The van der Waals surface area contributed by atoms with Gasteiger partial charge in [-0.05, 0) is 12.1 Å². The fourth-order valence-electron chi connectivity index (χ4n) is 1.05. The number of aliphatic hydroxyl groups excluding tert-OH is 1. The number of nitrogens with zero attached hydrogens (tertiary/aromatic N) is 2. The molecule has 2 aromatic rings. The van der Waals surface area contributed by atoms with Gasteiger partial charge in [0, 0.05) is 10.6 Å². The summed E-state index contributed by atoms with van der Waals surface area (Å²) in [6.07, 6.45) is 1.49. The van der Waals surface area contributed by atoms with Crippen molar-refractivity contribution in [3.05, 3.63) is 28.2 Å². The van der Waals surface area contributed by atoms with E-state index in [1.165, 1.54) is 11.2 Å². The molecule has 0 atom stereocenters. The summed E-state index contributed by atoms with van der Waals surface area (Å²) in [6.45, 7) is -0.0972. The van der Waals surface area contributed by atoms with Gasteiger partial charge in [0.05, 0.1) is 4.88 Å². The van der Waals surface area contributed by atoms with Crippen molar-refractivity contribution in [2.45, 2.75) is 10.9 Å². The molecule has 2 rings (SSSR count). The molecule has 6 heteroatoms. The Labute approximate surface area is 101 Å². The maximum absolute atomic E-state index is 8.57. The first kappa shape index (κ1) is 11.2. The summed E-state index contributed by atoms with van der Waals surface area (Å²) in [5.74, 6) is 6.36. The lowest BCUT2D eigenvalue weighted by Gasteiger charge is -1.92. The Bertz CT molecular complexity index is 496. The third kappa shape index (κ3) is 3.10. The second kappa shape index (κ2) is 5.70. The van der Waals surface area contributed by atoms with Crippen LogP contribution in [0.25, 0.3) is 0 Å². The van der Waals surface area contributed by atoms with Crippen LogP contribution in [-0.2, 0) is 5.75 Å². The summed E-state index contributed by atoms with van der Waals surface area (Å²) >= 11 is 3.23. The number of aromatic nitrogens is 3. The van der Waals surface area contributed by atoms with E-state index in [-0.39, 0.29) is 6.61 Å². The molecule has 0 saturated heterocycles. The Kier molecular flexibility index (Phi) is 3.99. The van der Waals surface area contributed by atoms with Crippen molar-refractivity contribution < 1.29 is 5.11 Å². The van der Waals surface area contributed by atoms with E-state index in [0.29, 0.717) is 0 Å². The largest absolute Gasteiger partial charge is 0.384 e. The van der Waals surface area contributed by atoms with Gasteiger partial charge in [-0.1, -0.05) is 23.6 Å². The van der Waals surface area contributed by atoms with Gasteiger partial charge in [-0.2, -0.15) is 5.10 Å². The summed E-state index contributed by atoms with van der Waals surface area (Å²) in [6, 6.07) is 4.00. The van der Waals surface area contributed by atoms with Gasteiger partial charge in [0.15, 0.2) is 5.16 Å². The van der Waals surface area contributed by atoms with Crippen molar-refractivity contribution in [3.63, 3.8) is 0 Å². The molecule has 2 heterocycles. The number of H-pyrrole nitrogens is 1. The van der Waals surface area contributed by atoms with Gasteiger partial charge in [-0.3, -0.25) is 5.10 Å². The molecule has 82 valence electrons. The molecule has 16 heavy (non-hydrogen) atoms. The molecule has 0 unspecified atom stereocenters. The van der Waals surface area contributed by atoms with E-state index < -0.39 is 0 Å². The predicted molar refractivity (Wildman–Crippen MR) is 64.2 cm³/mol. The average molecular weight is 251 g/mol. The molecule has 0 spiro atoms. The van der Waals surface area contributed by atoms with Crippen LogP contribution in [0.15, 0.2) is 23.6 Å². The molecule has 0 saturated carbocycles. The van der Waals surface area contributed by atoms with Gasteiger partial charge in [0.1, 0.15) is 12.9 Å². The lowest BCUT2D eigenvalue weighted by molar-refractivity contribution is 0.350. The Hall–Kier alpha value is -1.29. The van der Waals surface area contributed by atoms with Crippen LogP contribution in [0.5, 0.6) is 0 Å². The van der Waals surface area contributed by atoms with Gasteiger partial charge >= 0.3 is 0 Å². The summed E-state index contributed by atoms with van der Waals surface area (Å²) in [7, 11) is 0. The molecular weight excluding hydrogens is 242 g/mol. The first-order valence-corrected chi connectivity index (χ1v) is 6.35. The highest BCUT2D eigenvalue weighted by Crippen LogP contribution is 2.23. The zero-order chi connectivity index (χ0) is 11.2. The van der Waals surface area contributed by atoms with Crippen LogP contribution in [-0.4, -0.2) is 26.9 Å². The lowest BCUT2D eigenvalue weighted by Crippen LogP contribution is -1.76. The number of nitrogens with one attached hydrogen (secondary N) is 1. The molecule has 2 N–H and O–H groups in total. The minimum absolute atomic E-state index is 0.0972. The zero-order valence-corrected chi connectivity index (χ0v) is 9.94. The fourth-order valence-corrected chi connectivity index (χ4v) is 2.76. The Morgan fingerprint density at radius 3 is 3.19 bits per heavy atom. The van der Waals surface area contributed by atoms with Gasteiger partial charge < -0.3 is 5.11 Å². The molecule has 0 aromatic carbocycles. The van der Waals surface area contributed by atoms with E-state index in [9.17, 15) is 0 Å². The predicted octanol–water partition coefficient (Wildman–Crippen LogP) is 1.50. The van der Waals surface area contributed by atoms with Crippen molar-refractivity contribution in [1.82, 2.24) is 15.2 Å². The minimum Gasteiger partial charge on any atom is -0.384 e. The summed E-state index contributed by atoms with van der Waals surface area (Å²) in [5, 5.41) is 16.0. The summed E-state index contributed by atoms with van der Waals surface area (Å²) in [5.41, 5.74) is 0. The maximum Gasteiger partial charge on any atom is 0.183 e.